The first-order valence-electron chi connectivity index (χ1n) is 9.09. The van der Waals surface area contributed by atoms with Crippen molar-refractivity contribution in [3.8, 4) is 17.2 Å². The normalized spacial score (nSPS) is 10.6. The summed E-state index contributed by atoms with van der Waals surface area (Å²) in [4.78, 5) is 31.5. The van der Waals surface area contributed by atoms with Gasteiger partial charge in [-0.3, -0.25) is 9.59 Å². The van der Waals surface area contributed by atoms with Crippen molar-refractivity contribution in [1.29, 1.82) is 0 Å². The van der Waals surface area contributed by atoms with Crippen LogP contribution in [0.5, 0.6) is 17.2 Å². The van der Waals surface area contributed by atoms with Gasteiger partial charge in [0.2, 0.25) is 11.7 Å². The molecule has 0 saturated carbocycles. The zero-order chi connectivity index (χ0) is 20.8. The number of fused-ring (bicyclic) bond motifs is 1. The molecule has 3 aromatic rings. The molecule has 1 aromatic heterocycles. The summed E-state index contributed by atoms with van der Waals surface area (Å²) in [5, 5.41) is 3.38. The van der Waals surface area contributed by atoms with Crippen molar-refractivity contribution in [1.82, 2.24) is 15.3 Å². The summed E-state index contributed by atoms with van der Waals surface area (Å²) in [6.45, 7) is 0.303. The smallest absolute Gasteiger partial charge is 0.258 e. The zero-order valence-corrected chi connectivity index (χ0v) is 16.6. The van der Waals surface area contributed by atoms with Crippen molar-refractivity contribution in [3.63, 3.8) is 0 Å². The molecular formula is C21H23N3O5. The lowest BCUT2D eigenvalue weighted by molar-refractivity contribution is -0.121. The highest BCUT2D eigenvalue weighted by Gasteiger charge is 2.14. The molecular weight excluding hydrogens is 374 g/mol. The highest BCUT2D eigenvalue weighted by molar-refractivity contribution is 5.78. The number of rotatable bonds is 8. The van der Waals surface area contributed by atoms with Crippen molar-refractivity contribution >= 4 is 16.8 Å². The van der Waals surface area contributed by atoms with E-state index in [1.165, 1.54) is 21.3 Å². The second-order valence-electron chi connectivity index (χ2n) is 6.34. The first kappa shape index (κ1) is 20.2. The number of H-pyrrole nitrogens is 1. The molecule has 1 heterocycles. The maximum atomic E-state index is 12.3. The number of methoxy groups -OCH3 is 3. The highest BCUT2D eigenvalue weighted by atomic mass is 16.5. The van der Waals surface area contributed by atoms with E-state index in [1.54, 1.807) is 30.3 Å². The molecule has 8 heteroatoms. The molecule has 0 spiro atoms. The van der Waals surface area contributed by atoms with E-state index in [-0.39, 0.29) is 17.9 Å². The monoisotopic (exact) mass is 397 g/mol. The molecule has 0 radical (unpaired) electrons. The Labute approximate surface area is 167 Å². The van der Waals surface area contributed by atoms with Crippen LogP contribution in [-0.2, 0) is 17.8 Å². The standard InChI is InChI=1S/C21H23N3O5/c1-27-16-10-13(11-17(28-2)20(16)29-3)12-22-19(25)9-8-18-23-15-7-5-4-6-14(15)21(26)24-18/h4-7,10-11H,8-9,12H2,1-3H3,(H,22,25)(H,23,24,26). The van der Waals surface area contributed by atoms with Gasteiger partial charge < -0.3 is 24.5 Å². The molecule has 0 fully saturated rings. The van der Waals surface area contributed by atoms with Crippen molar-refractivity contribution < 1.29 is 19.0 Å². The van der Waals surface area contributed by atoms with E-state index in [4.69, 9.17) is 14.2 Å². The Kier molecular flexibility index (Phi) is 6.33. The van der Waals surface area contributed by atoms with Gasteiger partial charge in [-0.25, -0.2) is 4.98 Å². The minimum absolute atomic E-state index is 0.158. The Morgan fingerprint density at radius 2 is 1.76 bits per heavy atom. The molecule has 1 amide bonds. The van der Waals surface area contributed by atoms with Crippen LogP contribution < -0.4 is 25.1 Å². The van der Waals surface area contributed by atoms with Gasteiger partial charge in [0.05, 0.1) is 32.2 Å². The Balaban J connectivity index is 1.63. The van der Waals surface area contributed by atoms with E-state index in [9.17, 15) is 9.59 Å². The molecule has 0 saturated heterocycles. The van der Waals surface area contributed by atoms with Gasteiger partial charge in [-0.05, 0) is 29.8 Å². The number of nitrogens with one attached hydrogen (secondary N) is 2. The molecule has 2 aromatic carbocycles. The minimum atomic E-state index is -0.205. The van der Waals surface area contributed by atoms with Gasteiger partial charge in [-0.1, -0.05) is 12.1 Å². The molecule has 152 valence electrons. The minimum Gasteiger partial charge on any atom is -0.493 e. The molecule has 2 N–H and O–H groups in total. The van der Waals surface area contributed by atoms with Gasteiger partial charge in [0.1, 0.15) is 5.82 Å². The van der Waals surface area contributed by atoms with Gasteiger partial charge in [-0.15, -0.1) is 0 Å². The summed E-state index contributed by atoms with van der Waals surface area (Å²) >= 11 is 0. The van der Waals surface area contributed by atoms with Crippen molar-refractivity contribution in [2.45, 2.75) is 19.4 Å². The summed E-state index contributed by atoms with van der Waals surface area (Å²) in [5.74, 6) is 1.87. The van der Waals surface area contributed by atoms with E-state index in [0.29, 0.717) is 46.9 Å². The fourth-order valence-electron chi connectivity index (χ4n) is 3.01. The lowest BCUT2D eigenvalue weighted by Gasteiger charge is -2.14. The van der Waals surface area contributed by atoms with Crippen molar-refractivity contribution in [3.05, 3.63) is 58.1 Å². The van der Waals surface area contributed by atoms with Crippen LogP contribution in [0.2, 0.25) is 0 Å². The summed E-state index contributed by atoms with van der Waals surface area (Å²) in [6, 6.07) is 10.7. The first-order chi connectivity index (χ1) is 14.0. The number of ether oxygens (including phenoxy) is 3. The number of aromatic nitrogens is 2. The Bertz CT molecular complexity index is 1050. The third kappa shape index (κ3) is 4.66. The van der Waals surface area contributed by atoms with E-state index in [0.717, 1.165) is 5.56 Å². The highest BCUT2D eigenvalue weighted by Crippen LogP contribution is 2.38. The number of aromatic amines is 1. The van der Waals surface area contributed by atoms with Gasteiger partial charge in [-0.2, -0.15) is 0 Å². The van der Waals surface area contributed by atoms with Crippen molar-refractivity contribution in [2.24, 2.45) is 0 Å². The lowest BCUT2D eigenvalue weighted by Crippen LogP contribution is -2.24. The van der Waals surface area contributed by atoms with E-state index in [1.807, 2.05) is 6.07 Å². The van der Waals surface area contributed by atoms with E-state index < -0.39 is 0 Å². The SMILES string of the molecule is COc1cc(CNC(=O)CCc2nc3ccccc3c(=O)[nH]2)cc(OC)c1OC. The second kappa shape index (κ2) is 9.09. The van der Waals surface area contributed by atoms with Gasteiger partial charge in [0.15, 0.2) is 11.5 Å². The average Bonchev–Trinajstić information content (AvgIpc) is 2.75. The average molecular weight is 397 g/mol. The van der Waals surface area contributed by atoms with Crippen LogP contribution in [0.1, 0.15) is 17.8 Å². The molecule has 0 aliphatic rings. The van der Waals surface area contributed by atoms with Crippen LogP contribution in [0.15, 0.2) is 41.2 Å². The molecule has 3 rings (SSSR count). The number of para-hydroxylation sites is 1. The maximum Gasteiger partial charge on any atom is 0.258 e. The van der Waals surface area contributed by atoms with Crippen LogP contribution in [0, 0.1) is 0 Å². The largest absolute Gasteiger partial charge is 0.493 e. The number of amides is 1. The fourth-order valence-corrected chi connectivity index (χ4v) is 3.01. The van der Waals surface area contributed by atoms with Gasteiger partial charge >= 0.3 is 0 Å². The van der Waals surface area contributed by atoms with Gasteiger partial charge in [0.25, 0.3) is 5.56 Å². The molecule has 0 aliphatic carbocycles. The number of carbonyl (C=O) groups is 1. The van der Waals surface area contributed by atoms with Crippen LogP contribution in [-0.4, -0.2) is 37.2 Å². The molecule has 0 aliphatic heterocycles. The van der Waals surface area contributed by atoms with Crippen LogP contribution >= 0.6 is 0 Å². The summed E-state index contributed by atoms with van der Waals surface area (Å²) in [5.41, 5.74) is 1.22. The Morgan fingerprint density at radius 3 is 2.41 bits per heavy atom. The summed E-state index contributed by atoms with van der Waals surface area (Å²) in [6.07, 6.45) is 0.535. The van der Waals surface area contributed by atoms with Gasteiger partial charge in [0, 0.05) is 19.4 Å². The number of aryl methyl sites for hydroxylation is 1. The number of hydrogen-bond acceptors (Lipinski definition) is 6. The third-order valence-electron chi connectivity index (χ3n) is 4.46. The molecule has 0 atom stereocenters. The molecule has 0 bridgehead atoms. The zero-order valence-electron chi connectivity index (χ0n) is 16.6. The fraction of sp³-hybridized carbons (Fsp3) is 0.286. The summed E-state index contributed by atoms with van der Waals surface area (Å²) in [7, 11) is 4.61. The Morgan fingerprint density at radius 1 is 1.07 bits per heavy atom. The Hall–Kier alpha value is -3.55. The first-order valence-corrected chi connectivity index (χ1v) is 9.09. The maximum absolute atomic E-state index is 12.3. The predicted octanol–water partition coefficient (Wildman–Crippen LogP) is 2.20. The topological polar surface area (TPSA) is 103 Å². The number of nitrogens with zero attached hydrogens (tertiary/aromatic N) is 1. The third-order valence-corrected chi connectivity index (χ3v) is 4.46. The van der Waals surface area contributed by atoms with Crippen LogP contribution in [0.4, 0.5) is 0 Å². The second-order valence-corrected chi connectivity index (χ2v) is 6.34. The van der Waals surface area contributed by atoms with E-state index >= 15 is 0 Å². The number of benzene rings is 2. The van der Waals surface area contributed by atoms with Crippen LogP contribution in [0.3, 0.4) is 0 Å². The summed E-state index contributed by atoms with van der Waals surface area (Å²) < 4.78 is 15.9. The molecule has 0 unspecified atom stereocenters. The molecule has 29 heavy (non-hydrogen) atoms. The quantitative estimate of drug-likeness (QED) is 0.604. The number of hydrogen-bond donors (Lipinski definition) is 2. The number of carbonyl (C=O) groups excluding carboxylic acids is 1. The van der Waals surface area contributed by atoms with Crippen LogP contribution in [0.25, 0.3) is 10.9 Å². The lowest BCUT2D eigenvalue weighted by atomic mass is 10.1. The van der Waals surface area contributed by atoms with E-state index in [2.05, 4.69) is 15.3 Å². The predicted molar refractivity (Wildman–Crippen MR) is 109 cm³/mol. The van der Waals surface area contributed by atoms with Crippen molar-refractivity contribution in [2.75, 3.05) is 21.3 Å². The molecule has 8 nitrogen and oxygen atoms in total.